The van der Waals surface area contributed by atoms with Crippen LogP contribution in [0.1, 0.15) is 16.3 Å². The quantitative estimate of drug-likeness (QED) is 0.671. The first-order valence-corrected chi connectivity index (χ1v) is 6.80. The molecule has 5 nitrogen and oxygen atoms in total. The lowest BCUT2D eigenvalue weighted by Gasteiger charge is -2.17. The number of thiophene rings is 1. The van der Waals surface area contributed by atoms with Gasteiger partial charge in [0.1, 0.15) is 11.5 Å². The number of nitrogen functional groups attached to an aromatic ring is 1. The zero-order valence-corrected chi connectivity index (χ0v) is 12.2. The van der Waals surface area contributed by atoms with Gasteiger partial charge in [0.25, 0.3) is 0 Å². The van der Waals surface area contributed by atoms with Crippen LogP contribution in [0.25, 0.3) is 0 Å². The molecule has 0 aliphatic heterocycles. The summed E-state index contributed by atoms with van der Waals surface area (Å²) in [5, 5.41) is 7.45. The van der Waals surface area contributed by atoms with Crippen LogP contribution >= 0.6 is 22.9 Å². The molecule has 2 rings (SSSR count). The van der Waals surface area contributed by atoms with Crippen molar-refractivity contribution < 1.29 is 0 Å². The molecule has 2 heterocycles. The Morgan fingerprint density at radius 2 is 2.21 bits per heavy atom. The summed E-state index contributed by atoms with van der Waals surface area (Å²) < 4.78 is 0.762. The van der Waals surface area contributed by atoms with Crippen molar-refractivity contribution in [2.24, 2.45) is 5.73 Å². The van der Waals surface area contributed by atoms with Crippen LogP contribution in [0.5, 0.6) is 0 Å². The van der Waals surface area contributed by atoms with E-state index in [1.54, 1.807) is 6.07 Å². The van der Waals surface area contributed by atoms with E-state index in [1.165, 1.54) is 11.3 Å². The minimum Gasteiger partial charge on any atom is -0.382 e. The summed E-state index contributed by atoms with van der Waals surface area (Å²) in [6.45, 7) is 2.52. The van der Waals surface area contributed by atoms with Gasteiger partial charge in [-0.3, -0.25) is 5.41 Å². The van der Waals surface area contributed by atoms with Gasteiger partial charge < -0.3 is 10.6 Å². The Balaban J connectivity index is 2.23. The first kappa shape index (κ1) is 13.8. The van der Waals surface area contributed by atoms with Crippen LogP contribution in [-0.4, -0.2) is 22.9 Å². The number of nitrogens with one attached hydrogen (secondary N) is 1. The second kappa shape index (κ2) is 5.54. The fourth-order valence-electron chi connectivity index (χ4n) is 1.60. The van der Waals surface area contributed by atoms with E-state index < -0.39 is 0 Å². The van der Waals surface area contributed by atoms with E-state index in [-0.39, 0.29) is 5.84 Å². The molecule has 0 spiro atoms. The van der Waals surface area contributed by atoms with E-state index in [0.29, 0.717) is 18.2 Å². The Kier molecular flexibility index (Phi) is 4.01. The molecular formula is C12H14ClN5S. The minimum atomic E-state index is -0.0562. The van der Waals surface area contributed by atoms with Gasteiger partial charge in [-0.25, -0.2) is 9.97 Å². The van der Waals surface area contributed by atoms with Gasteiger partial charge in [0.15, 0.2) is 0 Å². The normalized spacial score (nSPS) is 10.5. The topological polar surface area (TPSA) is 78.9 Å². The Labute approximate surface area is 120 Å². The molecule has 0 fully saturated rings. The third-order valence-electron chi connectivity index (χ3n) is 2.48. The molecule has 19 heavy (non-hydrogen) atoms. The van der Waals surface area contributed by atoms with Crippen LogP contribution in [0, 0.1) is 12.3 Å². The van der Waals surface area contributed by atoms with Crippen LogP contribution in [0.3, 0.4) is 0 Å². The molecule has 0 aliphatic carbocycles. The number of nitrogens with two attached hydrogens (primary N) is 1. The van der Waals surface area contributed by atoms with E-state index in [0.717, 1.165) is 14.9 Å². The second-order valence-electron chi connectivity index (χ2n) is 4.17. The smallest absolute Gasteiger partial charge is 0.226 e. The van der Waals surface area contributed by atoms with Crippen molar-refractivity contribution in [2.45, 2.75) is 13.5 Å². The van der Waals surface area contributed by atoms with Crippen LogP contribution in [-0.2, 0) is 6.54 Å². The second-order valence-corrected chi connectivity index (χ2v) is 5.97. The van der Waals surface area contributed by atoms with Gasteiger partial charge in [0.2, 0.25) is 5.95 Å². The SMILES string of the molecule is Cc1cc(C(=N)N)nc(N(C)Cc2ccc(Cl)s2)n1. The van der Waals surface area contributed by atoms with E-state index in [2.05, 4.69) is 9.97 Å². The number of aryl methyl sites for hydroxylation is 1. The average Bonchev–Trinajstić information content (AvgIpc) is 2.73. The van der Waals surface area contributed by atoms with Gasteiger partial charge in [0, 0.05) is 17.6 Å². The molecule has 0 atom stereocenters. The molecule has 2 aromatic rings. The number of amidine groups is 1. The molecule has 0 aliphatic rings. The molecule has 0 saturated carbocycles. The Hall–Kier alpha value is -1.66. The van der Waals surface area contributed by atoms with Gasteiger partial charge in [0.05, 0.1) is 10.9 Å². The summed E-state index contributed by atoms with van der Waals surface area (Å²) in [5.41, 5.74) is 6.69. The molecule has 0 unspecified atom stereocenters. The van der Waals surface area contributed by atoms with Gasteiger partial charge in [-0.05, 0) is 25.1 Å². The highest BCUT2D eigenvalue weighted by molar-refractivity contribution is 7.16. The van der Waals surface area contributed by atoms with Gasteiger partial charge in [-0.1, -0.05) is 11.6 Å². The van der Waals surface area contributed by atoms with Crippen molar-refractivity contribution in [1.82, 2.24) is 9.97 Å². The number of nitrogens with zero attached hydrogens (tertiary/aromatic N) is 3. The number of hydrogen-bond donors (Lipinski definition) is 2. The highest BCUT2D eigenvalue weighted by atomic mass is 35.5. The van der Waals surface area contributed by atoms with Crippen LogP contribution < -0.4 is 10.6 Å². The van der Waals surface area contributed by atoms with Crippen molar-refractivity contribution in [2.75, 3.05) is 11.9 Å². The van der Waals surface area contributed by atoms with Gasteiger partial charge in [-0.2, -0.15) is 0 Å². The minimum absolute atomic E-state index is 0.0562. The van der Waals surface area contributed by atoms with Crippen molar-refractivity contribution in [3.8, 4) is 0 Å². The van der Waals surface area contributed by atoms with Crippen LogP contribution in [0.4, 0.5) is 5.95 Å². The largest absolute Gasteiger partial charge is 0.382 e. The molecule has 2 aromatic heterocycles. The van der Waals surface area contributed by atoms with E-state index in [4.69, 9.17) is 22.7 Å². The fourth-order valence-corrected chi connectivity index (χ4v) is 2.74. The van der Waals surface area contributed by atoms with Crippen LogP contribution in [0.15, 0.2) is 18.2 Å². The van der Waals surface area contributed by atoms with Crippen molar-refractivity contribution in [3.05, 3.63) is 38.8 Å². The average molecular weight is 296 g/mol. The molecule has 0 bridgehead atoms. The molecule has 7 heteroatoms. The first-order valence-electron chi connectivity index (χ1n) is 5.61. The molecule has 0 amide bonds. The zero-order chi connectivity index (χ0) is 14.0. The predicted octanol–water partition coefficient (Wildman–Crippen LogP) is 2.42. The van der Waals surface area contributed by atoms with Gasteiger partial charge >= 0.3 is 0 Å². The number of hydrogen-bond acceptors (Lipinski definition) is 5. The zero-order valence-electron chi connectivity index (χ0n) is 10.6. The lowest BCUT2D eigenvalue weighted by Crippen LogP contribution is -2.22. The lowest BCUT2D eigenvalue weighted by molar-refractivity contribution is 0.867. The maximum atomic E-state index is 7.45. The predicted molar refractivity (Wildman–Crippen MR) is 79.2 cm³/mol. The highest BCUT2D eigenvalue weighted by Gasteiger charge is 2.10. The molecule has 3 N–H and O–H groups in total. The van der Waals surface area contributed by atoms with Crippen molar-refractivity contribution in [1.29, 1.82) is 5.41 Å². The monoisotopic (exact) mass is 295 g/mol. The molecule has 0 saturated heterocycles. The standard InChI is InChI=1S/C12H14ClN5S/c1-7-5-9(11(14)15)17-12(16-7)18(2)6-8-3-4-10(13)19-8/h3-5H,6H2,1-2H3,(H3,14,15). The van der Waals surface area contributed by atoms with Crippen molar-refractivity contribution in [3.63, 3.8) is 0 Å². The molecule has 0 radical (unpaired) electrons. The Bertz CT molecular complexity index is 610. The summed E-state index contributed by atoms with van der Waals surface area (Å²) in [4.78, 5) is 11.7. The summed E-state index contributed by atoms with van der Waals surface area (Å²) in [5.74, 6) is 0.494. The summed E-state index contributed by atoms with van der Waals surface area (Å²) >= 11 is 7.43. The molecule has 0 aromatic carbocycles. The number of aromatic nitrogens is 2. The van der Waals surface area contributed by atoms with Crippen molar-refractivity contribution >= 4 is 34.7 Å². The number of anilines is 1. The fraction of sp³-hybridized carbons (Fsp3) is 0.250. The third-order valence-corrected chi connectivity index (χ3v) is 3.70. The highest BCUT2D eigenvalue weighted by Crippen LogP contribution is 2.23. The summed E-state index contributed by atoms with van der Waals surface area (Å²) in [6.07, 6.45) is 0. The third kappa shape index (κ3) is 3.42. The summed E-state index contributed by atoms with van der Waals surface area (Å²) in [6, 6.07) is 5.54. The molecule has 100 valence electrons. The van der Waals surface area contributed by atoms with Crippen LogP contribution in [0.2, 0.25) is 4.34 Å². The van der Waals surface area contributed by atoms with Gasteiger partial charge in [-0.15, -0.1) is 11.3 Å². The lowest BCUT2D eigenvalue weighted by atomic mass is 10.3. The summed E-state index contributed by atoms with van der Waals surface area (Å²) in [7, 11) is 1.90. The Morgan fingerprint density at radius 1 is 1.47 bits per heavy atom. The maximum Gasteiger partial charge on any atom is 0.226 e. The molecular weight excluding hydrogens is 282 g/mol. The first-order chi connectivity index (χ1) is 8.95. The van der Waals surface area contributed by atoms with E-state index in [1.807, 2.05) is 31.0 Å². The maximum absolute atomic E-state index is 7.45. The van der Waals surface area contributed by atoms with E-state index in [9.17, 15) is 0 Å². The Morgan fingerprint density at radius 3 is 2.79 bits per heavy atom. The number of halogens is 1. The van der Waals surface area contributed by atoms with E-state index >= 15 is 0 Å². The number of rotatable bonds is 4.